The van der Waals surface area contributed by atoms with Crippen LogP contribution in [-0.2, 0) is 49.7 Å². The zero-order valence-electron chi connectivity index (χ0n) is 18.3. The number of carbonyl (C=O) groups excluding carboxylic acids is 2. The van der Waals surface area contributed by atoms with Crippen molar-refractivity contribution in [3.8, 4) is 0 Å². The van der Waals surface area contributed by atoms with Gasteiger partial charge < -0.3 is 14.6 Å². The van der Waals surface area contributed by atoms with Crippen LogP contribution in [0.2, 0.25) is 0 Å². The number of ether oxygens (including phenoxy) is 2. The van der Waals surface area contributed by atoms with E-state index in [1.165, 1.54) is 0 Å². The Morgan fingerprint density at radius 2 is 1.26 bits per heavy atom. The maximum Gasteiger partial charge on any atom is 0.339 e. The number of aromatic carboxylic acids is 1. The maximum atomic E-state index is 12.9. The molecule has 0 aliphatic heterocycles. The van der Waals surface area contributed by atoms with Crippen LogP contribution in [0.15, 0.2) is 0 Å². The quantitative estimate of drug-likeness (QED) is 0.192. The van der Waals surface area contributed by atoms with Gasteiger partial charge in [0, 0.05) is 0 Å². The average molecular weight is 450 g/mol. The SMILES string of the molecule is BCc1c(CB)c(CB)c(C(=O)OCCC(=O)OCCS(=O)(=O)O)c(C(=O)O)c1CB. The predicted molar refractivity (Wildman–Crippen MR) is 125 cm³/mol. The maximum absolute atomic E-state index is 12.9. The van der Waals surface area contributed by atoms with Gasteiger partial charge >= 0.3 is 17.9 Å². The molecule has 0 spiro atoms. The van der Waals surface area contributed by atoms with Gasteiger partial charge in [0.05, 0.1) is 17.5 Å². The molecule has 31 heavy (non-hydrogen) atoms. The molecule has 1 aromatic carbocycles. The highest BCUT2D eigenvalue weighted by atomic mass is 32.2. The normalized spacial score (nSPS) is 11.1. The van der Waals surface area contributed by atoms with E-state index < -0.39 is 40.4 Å². The fourth-order valence-corrected chi connectivity index (χ4v) is 3.99. The third kappa shape index (κ3) is 7.17. The number of benzene rings is 1. The molecule has 1 rings (SSSR count). The van der Waals surface area contributed by atoms with Crippen molar-refractivity contribution in [3.63, 3.8) is 0 Å². The molecule has 0 aliphatic carbocycles. The third-order valence-electron chi connectivity index (χ3n) is 4.92. The number of carbonyl (C=O) groups is 3. The van der Waals surface area contributed by atoms with Crippen LogP contribution in [0.5, 0.6) is 0 Å². The van der Waals surface area contributed by atoms with Gasteiger partial charge in [0.1, 0.15) is 50.4 Å². The molecule has 0 bridgehead atoms. The first-order valence-electron chi connectivity index (χ1n) is 10.2. The number of hydrogen-bond acceptors (Lipinski definition) is 7. The second-order valence-corrected chi connectivity index (χ2v) is 8.35. The van der Waals surface area contributed by atoms with Crippen molar-refractivity contribution in [1.29, 1.82) is 0 Å². The number of carboxylic acids is 1. The van der Waals surface area contributed by atoms with Gasteiger partial charge in [-0.1, -0.05) is 25.3 Å². The number of carboxylic acid groups (broad SMARTS) is 1. The van der Waals surface area contributed by atoms with Gasteiger partial charge in [0.15, 0.2) is 0 Å². The summed E-state index contributed by atoms with van der Waals surface area (Å²) in [7, 11) is 3.33. The zero-order chi connectivity index (χ0) is 23.8. The monoisotopic (exact) mass is 450 g/mol. The first kappa shape index (κ1) is 26.8. The summed E-state index contributed by atoms with van der Waals surface area (Å²) in [4.78, 5) is 36.6. The summed E-state index contributed by atoms with van der Waals surface area (Å²) in [5.41, 5.74) is 3.09. The molecule has 0 saturated carbocycles. The van der Waals surface area contributed by atoms with Crippen LogP contribution in [0.1, 0.15) is 49.4 Å². The van der Waals surface area contributed by atoms with Gasteiger partial charge in [-0.25, -0.2) is 9.59 Å². The largest absolute Gasteiger partial charge is 0.478 e. The van der Waals surface area contributed by atoms with E-state index in [1.54, 1.807) is 0 Å². The Kier molecular flexibility index (Phi) is 10.4. The highest BCUT2D eigenvalue weighted by Gasteiger charge is 2.29. The Labute approximate surface area is 185 Å². The van der Waals surface area contributed by atoms with E-state index in [4.69, 9.17) is 9.29 Å². The van der Waals surface area contributed by atoms with Crippen LogP contribution in [0.25, 0.3) is 0 Å². The Hall–Kier alpha value is -2.20. The highest BCUT2D eigenvalue weighted by molar-refractivity contribution is 7.85. The molecule has 0 fully saturated rings. The second kappa shape index (κ2) is 12.0. The summed E-state index contributed by atoms with van der Waals surface area (Å²) >= 11 is 0. The molecular weight excluding hydrogens is 423 g/mol. The highest BCUT2D eigenvalue weighted by Crippen LogP contribution is 2.30. The van der Waals surface area contributed by atoms with E-state index in [1.807, 2.05) is 31.4 Å². The van der Waals surface area contributed by atoms with Crippen molar-refractivity contribution in [2.24, 2.45) is 0 Å². The minimum atomic E-state index is -4.25. The Morgan fingerprint density at radius 3 is 1.68 bits per heavy atom. The second-order valence-electron chi connectivity index (χ2n) is 6.78. The minimum absolute atomic E-state index is 0.0145. The van der Waals surface area contributed by atoms with E-state index in [0.717, 1.165) is 11.1 Å². The molecule has 14 heteroatoms. The standard InChI is InChI=1S/C17H26B4O9S/c18-5-9-10(6-19)12(8-21)15(14(16(23)24)11(9)7-20)17(25)30-2-1-13(22)29-3-4-31(26,27)28/h1-8,18-21H2,(H,23,24)(H,26,27,28). The summed E-state index contributed by atoms with van der Waals surface area (Å²) in [6, 6.07) is 0. The Morgan fingerprint density at radius 1 is 0.774 bits per heavy atom. The molecule has 0 atom stereocenters. The molecule has 0 saturated heterocycles. The lowest BCUT2D eigenvalue weighted by Gasteiger charge is -2.23. The van der Waals surface area contributed by atoms with E-state index in [0.29, 0.717) is 36.4 Å². The van der Waals surface area contributed by atoms with Crippen LogP contribution < -0.4 is 0 Å². The molecule has 166 valence electrons. The van der Waals surface area contributed by atoms with Gasteiger partial charge in [0.25, 0.3) is 10.1 Å². The molecule has 1 aromatic rings. The van der Waals surface area contributed by atoms with Gasteiger partial charge in [0.2, 0.25) is 0 Å². The summed E-state index contributed by atoms with van der Waals surface area (Å²) in [5.74, 6) is -3.58. The smallest absolute Gasteiger partial charge is 0.339 e. The fourth-order valence-electron chi connectivity index (χ4n) is 3.70. The topological polar surface area (TPSA) is 144 Å². The van der Waals surface area contributed by atoms with Crippen LogP contribution in [0, 0.1) is 0 Å². The molecule has 0 aliphatic rings. The molecule has 0 amide bonds. The zero-order valence-corrected chi connectivity index (χ0v) is 19.1. The third-order valence-corrected chi connectivity index (χ3v) is 5.60. The van der Waals surface area contributed by atoms with Gasteiger partial charge in [-0.2, -0.15) is 8.42 Å². The first-order chi connectivity index (χ1) is 14.5. The number of rotatable bonds is 12. The Bertz CT molecular complexity index is 948. The number of hydrogen-bond donors (Lipinski definition) is 2. The van der Waals surface area contributed by atoms with Crippen molar-refractivity contribution in [1.82, 2.24) is 0 Å². The fraction of sp³-hybridized carbons (Fsp3) is 0.471. The Balaban J connectivity index is 3.13. The van der Waals surface area contributed by atoms with E-state index in [2.05, 4.69) is 4.74 Å². The lowest BCUT2D eigenvalue weighted by Crippen LogP contribution is -2.23. The molecule has 9 nitrogen and oxygen atoms in total. The van der Waals surface area contributed by atoms with E-state index >= 15 is 0 Å². The summed E-state index contributed by atoms with van der Waals surface area (Å²) in [6.07, 6.45) is 1.84. The van der Waals surface area contributed by atoms with Crippen molar-refractivity contribution in [3.05, 3.63) is 33.4 Å². The van der Waals surface area contributed by atoms with E-state index in [-0.39, 0.29) is 24.2 Å². The van der Waals surface area contributed by atoms with Crippen LogP contribution in [0.4, 0.5) is 0 Å². The summed E-state index contributed by atoms with van der Waals surface area (Å²) < 4.78 is 39.7. The number of esters is 2. The lowest BCUT2D eigenvalue weighted by atomic mass is 9.72. The van der Waals surface area contributed by atoms with Crippen molar-refractivity contribution < 1.29 is 41.9 Å². The van der Waals surface area contributed by atoms with Crippen LogP contribution >= 0.6 is 0 Å². The van der Waals surface area contributed by atoms with Crippen LogP contribution in [0.3, 0.4) is 0 Å². The molecule has 0 aromatic heterocycles. The van der Waals surface area contributed by atoms with Gasteiger partial charge in [-0.05, 0) is 22.3 Å². The lowest BCUT2D eigenvalue weighted by molar-refractivity contribution is -0.143. The molecule has 0 radical (unpaired) electrons. The minimum Gasteiger partial charge on any atom is -0.478 e. The predicted octanol–water partition coefficient (Wildman–Crippen LogP) is -3.10. The molecular formula is C17H26B4O9S. The summed E-state index contributed by atoms with van der Waals surface area (Å²) in [6.45, 7) is -0.878. The van der Waals surface area contributed by atoms with Crippen molar-refractivity contribution in [2.75, 3.05) is 19.0 Å². The first-order valence-corrected chi connectivity index (χ1v) is 11.8. The van der Waals surface area contributed by atoms with Crippen molar-refractivity contribution in [2.45, 2.75) is 31.7 Å². The van der Waals surface area contributed by atoms with Gasteiger partial charge in [-0.15, -0.1) is 0 Å². The van der Waals surface area contributed by atoms with Crippen molar-refractivity contribution >= 4 is 59.4 Å². The van der Waals surface area contributed by atoms with E-state index in [9.17, 15) is 27.9 Å². The summed E-state index contributed by atoms with van der Waals surface area (Å²) in [5, 5.41) is 9.86. The molecule has 0 heterocycles. The van der Waals surface area contributed by atoms with Gasteiger partial charge in [-0.3, -0.25) is 9.35 Å². The van der Waals surface area contributed by atoms with Crippen LogP contribution in [-0.4, -0.2) is 86.3 Å². The average Bonchev–Trinajstić information content (AvgIpc) is 2.69. The molecule has 2 N–H and O–H groups in total. The molecule has 0 unspecified atom stereocenters.